The monoisotopic (exact) mass is 291 g/mol. The molecular formula is C15H21N3O3. The fourth-order valence-corrected chi connectivity index (χ4v) is 2.79. The number of hydrogen-bond donors (Lipinski definition) is 0. The number of rotatable bonds is 6. The second-order valence-corrected chi connectivity index (χ2v) is 5.84. The second kappa shape index (κ2) is 6.78. The molecule has 0 bridgehead atoms. The zero-order valence-corrected chi connectivity index (χ0v) is 12.5. The lowest BCUT2D eigenvalue weighted by molar-refractivity contribution is -0.384. The molecule has 1 aromatic carbocycles. The number of ketones is 1. The smallest absolute Gasteiger partial charge is 0.269 e. The molecule has 0 spiro atoms. The largest absolute Gasteiger partial charge is 0.306 e. The van der Waals surface area contributed by atoms with Crippen molar-refractivity contribution in [2.45, 2.75) is 6.42 Å². The highest BCUT2D eigenvalue weighted by Crippen LogP contribution is 2.16. The van der Waals surface area contributed by atoms with E-state index in [1.807, 2.05) is 11.9 Å². The molecule has 0 aromatic heterocycles. The first-order valence-corrected chi connectivity index (χ1v) is 7.10. The Bertz CT molecular complexity index is 515. The molecule has 6 heteroatoms. The van der Waals surface area contributed by atoms with Crippen molar-refractivity contribution >= 4 is 11.5 Å². The van der Waals surface area contributed by atoms with Gasteiger partial charge in [-0.2, -0.15) is 0 Å². The molecule has 2 rings (SSSR count). The highest BCUT2D eigenvalue weighted by atomic mass is 16.6. The number of nitrogens with zero attached hydrogens (tertiary/aromatic N) is 3. The first-order valence-electron chi connectivity index (χ1n) is 7.10. The van der Waals surface area contributed by atoms with Gasteiger partial charge in [0, 0.05) is 30.8 Å². The minimum atomic E-state index is -0.461. The molecule has 0 saturated carbocycles. The van der Waals surface area contributed by atoms with Gasteiger partial charge < -0.3 is 4.90 Å². The van der Waals surface area contributed by atoms with E-state index < -0.39 is 4.92 Å². The molecule has 1 saturated heterocycles. The molecular weight excluding hydrogens is 270 g/mol. The van der Waals surface area contributed by atoms with Gasteiger partial charge in [0.05, 0.1) is 11.5 Å². The van der Waals surface area contributed by atoms with Gasteiger partial charge in [0.25, 0.3) is 5.69 Å². The fraction of sp³-hybridized carbons (Fsp3) is 0.533. The Morgan fingerprint density at radius 1 is 1.43 bits per heavy atom. The maximum atomic E-state index is 12.2. The van der Waals surface area contributed by atoms with E-state index in [-0.39, 0.29) is 11.5 Å². The second-order valence-electron chi connectivity index (χ2n) is 5.84. The lowest BCUT2D eigenvalue weighted by Crippen LogP contribution is -2.31. The summed E-state index contributed by atoms with van der Waals surface area (Å²) in [6, 6.07) is 5.80. The lowest BCUT2D eigenvalue weighted by Gasteiger charge is -2.20. The molecule has 1 heterocycles. The van der Waals surface area contributed by atoms with Crippen LogP contribution in [-0.2, 0) is 0 Å². The van der Waals surface area contributed by atoms with Crippen molar-refractivity contribution in [3.05, 3.63) is 39.9 Å². The number of hydrogen-bond acceptors (Lipinski definition) is 5. The van der Waals surface area contributed by atoms with Crippen LogP contribution in [0, 0.1) is 16.0 Å². The molecule has 0 N–H and O–H groups in total. The Morgan fingerprint density at radius 2 is 2.10 bits per heavy atom. The molecule has 6 nitrogen and oxygen atoms in total. The zero-order valence-electron chi connectivity index (χ0n) is 12.5. The van der Waals surface area contributed by atoms with Gasteiger partial charge in [-0.25, -0.2) is 0 Å². The average molecular weight is 291 g/mol. The summed E-state index contributed by atoms with van der Waals surface area (Å²) in [5.74, 6) is 0.614. The molecule has 1 atom stereocenters. The molecule has 0 amide bonds. The molecule has 1 unspecified atom stereocenters. The number of nitro benzene ring substituents is 1. The minimum Gasteiger partial charge on any atom is -0.306 e. The van der Waals surface area contributed by atoms with E-state index in [9.17, 15) is 14.9 Å². The maximum Gasteiger partial charge on any atom is 0.269 e. The van der Waals surface area contributed by atoms with Crippen molar-refractivity contribution < 1.29 is 9.72 Å². The highest BCUT2D eigenvalue weighted by molar-refractivity contribution is 5.97. The number of benzene rings is 1. The average Bonchev–Trinajstić information content (AvgIpc) is 2.83. The van der Waals surface area contributed by atoms with Crippen molar-refractivity contribution in [2.24, 2.45) is 5.92 Å². The maximum absolute atomic E-state index is 12.2. The minimum absolute atomic E-state index is 0.00116. The summed E-state index contributed by atoms with van der Waals surface area (Å²) in [6.45, 7) is 3.45. The molecule has 0 aliphatic carbocycles. The van der Waals surface area contributed by atoms with Crippen LogP contribution < -0.4 is 0 Å². The summed E-state index contributed by atoms with van der Waals surface area (Å²) in [4.78, 5) is 26.6. The third kappa shape index (κ3) is 4.34. The quantitative estimate of drug-likeness (QED) is 0.453. The Morgan fingerprint density at radius 3 is 2.62 bits per heavy atom. The number of non-ortho nitro benzene ring substituents is 1. The summed E-state index contributed by atoms with van der Waals surface area (Å²) in [5.41, 5.74) is 0.532. The molecule has 114 valence electrons. The standard InChI is InChI=1S/C15H21N3O3/c1-16-8-7-12(9-16)10-17(2)11-15(19)13-3-5-14(6-4-13)18(20)21/h3-6,12H,7-11H2,1-2H3. The Balaban J connectivity index is 1.86. The zero-order chi connectivity index (χ0) is 15.4. The van der Waals surface area contributed by atoms with Crippen molar-refractivity contribution in [2.75, 3.05) is 40.3 Å². The van der Waals surface area contributed by atoms with Gasteiger partial charge in [0.2, 0.25) is 0 Å². The van der Waals surface area contributed by atoms with Crippen molar-refractivity contribution in [3.8, 4) is 0 Å². The number of nitro groups is 1. The van der Waals surface area contributed by atoms with E-state index in [4.69, 9.17) is 0 Å². The van der Waals surface area contributed by atoms with Gasteiger partial charge in [-0.3, -0.25) is 19.8 Å². The van der Waals surface area contributed by atoms with E-state index in [1.165, 1.54) is 30.7 Å². The van der Waals surface area contributed by atoms with Crippen LogP contribution in [0.4, 0.5) is 5.69 Å². The van der Waals surface area contributed by atoms with E-state index >= 15 is 0 Å². The summed E-state index contributed by atoms with van der Waals surface area (Å²) in [5, 5.41) is 10.6. The van der Waals surface area contributed by atoms with Crippen LogP contribution in [0.5, 0.6) is 0 Å². The lowest BCUT2D eigenvalue weighted by atomic mass is 10.1. The van der Waals surface area contributed by atoms with Gasteiger partial charge in [0.1, 0.15) is 0 Å². The summed E-state index contributed by atoms with van der Waals surface area (Å²) >= 11 is 0. The van der Waals surface area contributed by atoms with E-state index in [2.05, 4.69) is 11.9 Å². The van der Waals surface area contributed by atoms with Crippen LogP contribution in [0.15, 0.2) is 24.3 Å². The van der Waals surface area contributed by atoms with Crippen LogP contribution in [0.25, 0.3) is 0 Å². The molecule has 1 aromatic rings. The van der Waals surface area contributed by atoms with E-state index in [1.54, 1.807) is 0 Å². The molecule has 21 heavy (non-hydrogen) atoms. The first kappa shape index (κ1) is 15.6. The van der Waals surface area contributed by atoms with Crippen LogP contribution >= 0.6 is 0 Å². The fourth-order valence-electron chi connectivity index (χ4n) is 2.79. The number of carbonyl (C=O) groups is 1. The van der Waals surface area contributed by atoms with E-state index in [0.29, 0.717) is 18.0 Å². The van der Waals surface area contributed by atoms with Crippen LogP contribution in [0.2, 0.25) is 0 Å². The van der Waals surface area contributed by atoms with E-state index in [0.717, 1.165) is 19.6 Å². The SMILES string of the molecule is CN1CCC(CN(C)CC(=O)c2ccc([N+](=O)[O-])cc2)C1. The molecule has 1 fully saturated rings. The summed E-state index contributed by atoms with van der Waals surface area (Å²) < 4.78 is 0. The van der Waals surface area contributed by atoms with Gasteiger partial charge in [-0.05, 0) is 45.1 Å². The van der Waals surface area contributed by atoms with Gasteiger partial charge >= 0.3 is 0 Å². The third-order valence-corrected chi connectivity index (χ3v) is 3.87. The Hall–Kier alpha value is -1.79. The Kier molecular flexibility index (Phi) is 5.03. The van der Waals surface area contributed by atoms with Crippen molar-refractivity contribution in [3.63, 3.8) is 0 Å². The van der Waals surface area contributed by atoms with Crippen molar-refractivity contribution in [1.29, 1.82) is 0 Å². The van der Waals surface area contributed by atoms with Crippen molar-refractivity contribution in [1.82, 2.24) is 9.80 Å². The van der Waals surface area contributed by atoms with Gasteiger partial charge in [-0.1, -0.05) is 0 Å². The normalized spacial score (nSPS) is 19.1. The van der Waals surface area contributed by atoms with Crippen LogP contribution in [0.1, 0.15) is 16.8 Å². The first-order chi connectivity index (χ1) is 9.95. The van der Waals surface area contributed by atoms with Crippen LogP contribution in [-0.4, -0.2) is 60.8 Å². The Labute approximate surface area is 124 Å². The topological polar surface area (TPSA) is 66.7 Å². The number of likely N-dealkylation sites (N-methyl/N-ethyl adjacent to an activating group) is 1. The predicted octanol–water partition coefficient (Wildman–Crippen LogP) is 1.66. The summed E-state index contributed by atoms with van der Waals surface area (Å²) in [6.07, 6.45) is 1.17. The molecule has 1 aliphatic heterocycles. The molecule has 0 radical (unpaired) electrons. The van der Waals surface area contributed by atoms with Gasteiger partial charge in [-0.15, -0.1) is 0 Å². The van der Waals surface area contributed by atoms with Gasteiger partial charge in [0.15, 0.2) is 5.78 Å². The predicted molar refractivity (Wildman–Crippen MR) is 80.5 cm³/mol. The highest BCUT2D eigenvalue weighted by Gasteiger charge is 2.21. The van der Waals surface area contributed by atoms with Crippen LogP contribution in [0.3, 0.4) is 0 Å². The molecule has 1 aliphatic rings. The third-order valence-electron chi connectivity index (χ3n) is 3.87. The summed E-state index contributed by atoms with van der Waals surface area (Å²) in [7, 11) is 4.06. The number of likely N-dealkylation sites (tertiary alicyclic amines) is 1. The number of Topliss-reactive ketones (excluding diaryl/α,β-unsaturated/α-hetero) is 1. The number of carbonyl (C=O) groups excluding carboxylic acids is 1.